The lowest BCUT2D eigenvalue weighted by Crippen LogP contribution is -2.53. The zero-order valence-corrected chi connectivity index (χ0v) is 13.9. The molecular formula is C16H21NO5S. The molecule has 0 aliphatic carbocycles. The first kappa shape index (κ1) is 17.6. The number of nitrogens with one attached hydrogen (secondary N) is 1. The maximum Gasteiger partial charge on any atom is 0.305 e. The average Bonchev–Trinajstić information content (AvgIpc) is 2.53. The topological polar surface area (TPSA) is 84.9 Å². The predicted molar refractivity (Wildman–Crippen MR) is 86.9 cm³/mol. The highest BCUT2D eigenvalue weighted by Gasteiger charge is 2.36. The van der Waals surface area contributed by atoms with E-state index in [-0.39, 0.29) is 18.1 Å². The van der Waals surface area contributed by atoms with Gasteiger partial charge >= 0.3 is 5.97 Å². The number of carbonyl (C=O) groups excluding carboxylic acids is 1. The largest absolute Gasteiger partial charge is 0.497 e. The molecule has 1 fully saturated rings. The average molecular weight is 339 g/mol. The Balaban J connectivity index is 1.92. The summed E-state index contributed by atoms with van der Waals surface area (Å²) in [5.74, 6) is -0.106. The fourth-order valence-corrected chi connectivity index (χ4v) is 3.31. The van der Waals surface area contributed by atoms with E-state index in [1.807, 2.05) is 24.3 Å². The molecule has 2 rings (SSSR count). The minimum Gasteiger partial charge on any atom is -0.497 e. The third-order valence-corrected chi connectivity index (χ3v) is 4.75. The normalized spacial score (nSPS) is 16.6. The van der Waals surface area contributed by atoms with Crippen molar-refractivity contribution in [2.75, 3.05) is 26.1 Å². The Bertz CT molecular complexity index is 557. The molecule has 0 saturated carbocycles. The van der Waals surface area contributed by atoms with Gasteiger partial charge in [-0.3, -0.25) is 9.59 Å². The zero-order chi connectivity index (χ0) is 16.7. The molecule has 1 aromatic carbocycles. The van der Waals surface area contributed by atoms with Gasteiger partial charge < -0.3 is 19.9 Å². The number of amides is 1. The van der Waals surface area contributed by atoms with Crippen molar-refractivity contribution in [2.45, 2.75) is 29.7 Å². The number of carboxylic acid groups (broad SMARTS) is 1. The first-order valence-electron chi connectivity index (χ1n) is 7.40. The van der Waals surface area contributed by atoms with Crippen molar-refractivity contribution in [2.24, 2.45) is 0 Å². The molecule has 1 aromatic rings. The van der Waals surface area contributed by atoms with Crippen molar-refractivity contribution in [3.8, 4) is 5.75 Å². The molecule has 0 bridgehead atoms. The Morgan fingerprint density at radius 2 is 2.13 bits per heavy atom. The van der Waals surface area contributed by atoms with E-state index in [1.54, 1.807) is 7.11 Å². The van der Waals surface area contributed by atoms with Crippen LogP contribution in [-0.4, -0.2) is 48.6 Å². The van der Waals surface area contributed by atoms with Crippen LogP contribution in [-0.2, 0) is 14.3 Å². The SMILES string of the molecule is COc1cccc(SCC(=O)NC2(CC(=O)O)CCOCC2)c1. The number of aliphatic carboxylic acids is 1. The lowest BCUT2D eigenvalue weighted by atomic mass is 9.86. The van der Waals surface area contributed by atoms with Crippen LogP contribution in [0.4, 0.5) is 0 Å². The highest BCUT2D eigenvalue weighted by Crippen LogP contribution is 2.26. The van der Waals surface area contributed by atoms with Gasteiger partial charge in [-0.15, -0.1) is 11.8 Å². The van der Waals surface area contributed by atoms with Crippen LogP contribution in [0.5, 0.6) is 5.75 Å². The first-order chi connectivity index (χ1) is 11.0. The molecule has 23 heavy (non-hydrogen) atoms. The number of rotatable bonds is 7. The number of hydrogen-bond acceptors (Lipinski definition) is 5. The monoisotopic (exact) mass is 339 g/mol. The number of ether oxygens (including phenoxy) is 2. The lowest BCUT2D eigenvalue weighted by Gasteiger charge is -2.36. The molecule has 0 spiro atoms. The maximum atomic E-state index is 12.2. The van der Waals surface area contributed by atoms with Gasteiger partial charge in [-0.25, -0.2) is 0 Å². The lowest BCUT2D eigenvalue weighted by molar-refractivity contribution is -0.140. The van der Waals surface area contributed by atoms with Crippen LogP contribution in [0.15, 0.2) is 29.2 Å². The molecule has 0 aromatic heterocycles. The number of hydrogen-bond donors (Lipinski definition) is 2. The van der Waals surface area contributed by atoms with Crippen molar-refractivity contribution in [3.05, 3.63) is 24.3 Å². The quantitative estimate of drug-likeness (QED) is 0.739. The number of methoxy groups -OCH3 is 1. The van der Waals surface area contributed by atoms with E-state index < -0.39 is 11.5 Å². The fourth-order valence-electron chi connectivity index (χ4n) is 2.57. The Morgan fingerprint density at radius 3 is 2.78 bits per heavy atom. The van der Waals surface area contributed by atoms with Crippen LogP contribution >= 0.6 is 11.8 Å². The highest BCUT2D eigenvalue weighted by molar-refractivity contribution is 8.00. The second kappa shape index (κ2) is 8.21. The summed E-state index contributed by atoms with van der Waals surface area (Å²) in [7, 11) is 1.59. The third-order valence-electron chi connectivity index (χ3n) is 3.76. The summed E-state index contributed by atoms with van der Waals surface area (Å²) >= 11 is 1.39. The molecule has 0 atom stereocenters. The van der Waals surface area contributed by atoms with Crippen molar-refractivity contribution < 1.29 is 24.2 Å². The van der Waals surface area contributed by atoms with Gasteiger partial charge in [0.15, 0.2) is 0 Å². The van der Waals surface area contributed by atoms with Gasteiger partial charge in [0, 0.05) is 18.1 Å². The molecule has 0 unspecified atom stereocenters. The van der Waals surface area contributed by atoms with E-state index in [0.717, 1.165) is 10.6 Å². The summed E-state index contributed by atoms with van der Waals surface area (Å²) in [5, 5.41) is 12.0. The second-order valence-corrected chi connectivity index (χ2v) is 6.53. The van der Waals surface area contributed by atoms with Crippen molar-refractivity contribution >= 4 is 23.6 Å². The van der Waals surface area contributed by atoms with Crippen LogP contribution < -0.4 is 10.1 Å². The van der Waals surface area contributed by atoms with Crippen LogP contribution in [0.25, 0.3) is 0 Å². The molecule has 6 nitrogen and oxygen atoms in total. The number of carbonyl (C=O) groups is 2. The number of thioether (sulfide) groups is 1. The van der Waals surface area contributed by atoms with Crippen molar-refractivity contribution in [3.63, 3.8) is 0 Å². The minimum atomic E-state index is -0.910. The van der Waals surface area contributed by atoms with E-state index in [0.29, 0.717) is 26.1 Å². The summed E-state index contributed by atoms with van der Waals surface area (Å²) in [6.07, 6.45) is 0.968. The first-order valence-corrected chi connectivity index (χ1v) is 8.39. The molecule has 1 saturated heterocycles. The molecule has 2 N–H and O–H groups in total. The Hall–Kier alpha value is -1.73. The fraction of sp³-hybridized carbons (Fsp3) is 0.500. The van der Waals surface area contributed by atoms with Crippen LogP contribution in [0.2, 0.25) is 0 Å². The minimum absolute atomic E-state index is 0.0775. The van der Waals surface area contributed by atoms with Gasteiger partial charge in [-0.2, -0.15) is 0 Å². The summed E-state index contributed by atoms with van der Waals surface area (Å²) in [6.45, 7) is 0.938. The molecule has 7 heteroatoms. The van der Waals surface area contributed by atoms with Crippen molar-refractivity contribution in [1.82, 2.24) is 5.32 Å². The van der Waals surface area contributed by atoms with Crippen molar-refractivity contribution in [1.29, 1.82) is 0 Å². The molecular weight excluding hydrogens is 318 g/mol. The second-order valence-electron chi connectivity index (χ2n) is 5.48. The Morgan fingerprint density at radius 1 is 1.39 bits per heavy atom. The summed E-state index contributed by atoms with van der Waals surface area (Å²) in [5.41, 5.74) is -0.698. The Labute approximate surface area is 139 Å². The number of carboxylic acids is 1. The molecule has 1 amide bonds. The molecule has 1 aliphatic heterocycles. The third kappa shape index (κ3) is 5.44. The highest BCUT2D eigenvalue weighted by atomic mass is 32.2. The molecule has 126 valence electrons. The van der Waals surface area contributed by atoms with E-state index in [4.69, 9.17) is 14.6 Å². The Kier molecular flexibility index (Phi) is 6.29. The van der Waals surface area contributed by atoms with Crippen LogP contribution in [0.1, 0.15) is 19.3 Å². The van der Waals surface area contributed by atoms with Gasteiger partial charge in [0.25, 0.3) is 0 Å². The van der Waals surface area contributed by atoms with E-state index >= 15 is 0 Å². The van der Waals surface area contributed by atoms with Crippen LogP contribution in [0.3, 0.4) is 0 Å². The zero-order valence-electron chi connectivity index (χ0n) is 13.0. The standard InChI is InChI=1S/C16H21NO5S/c1-21-12-3-2-4-13(9-12)23-11-14(18)17-16(10-15(19)20)5-7-22-8-6-16/h2-4,9H,5-8,10-11H2,1H3,(H,17,18)(H,19,20). The van der Waals surface area contributed by atoms with E-state index in [9.17, 15) is 9.59 Å². The summed E-state index contributed by atoms with van der Waals surface area (Å²) in [6, 6.07) is 7.47. The van der Waals surface area contributed by atoms with Crippen LogP contribution in [0, 0.1) is 0 Å². The summed E-state index contributed by atoms with van der Waals surface area (Å²) in [4.78, 5) is 24.3. The van der Waals surface area contributed by atoms with Gasteiger partial charge in [-0.05, 0) is 31.0 Å². The summed E-state index contributed by atoms with van der Waals surface area (Å²) < 4.78 is 10.4. The molecule has 0 radical (unpaired) electrons. The predicted octanol–water partition coefficient (Wildman–Crippen LogP) is 1.93. The van der Waals surface area contributed by atoms with E-state index in [2.05, 4.69) is 5.32 Å². The maximum absolute atomic E-state index is 12.2. The smallest absolute Gasteiger partial charge is 0.305 e. The van der Waals surface area contributed by atoms with Gasteiger partial charge in [-0.1, -0.05) is 6.07 Å². The molecule has 1 heterocycles. The van der Waals surface area contributed by atoms with E-state index in [1.165, 1.54) is 11.8 Å². The molecule has 1 aliphatic rings. The van der Waals surface area contributed by atoms with Gasteiger partial charge in [0.1, 0.15) is 5.75 Å². The van der Waals surface area contributed by atoms with Gasteiger partial charge in [0.05, 0.1) is 24.8 Å². The van der Waals surface area contributed by atoms with Gasteiger partial charge in [0.2, 0.25) is 5.91 Å². The number of benzene rings is 1.